The van der Waals surface area contributed by atoms with Crippen LogP contribution in [0.4, 0.5) is 0 Å². The first kappa shape index (κ1) is 13.0. The Bertz CT molecular complexity index is 711. The smallest absolute Gasteiger partial charge is 0.145 e. The number of hydrogen-bond donors (Lipinski definition) is 0. The zero-order valence-electron chi connectivity index (χ0n) is 10.1. The average Bonchev–Trinajstić information content (AvgIpc) is 2.43. The number of rotatable bonds is 2. The van der Waals surface area contributed by atoms with Crippen molar-refractivity contribution in [3.05, 3.63) is 58.1 Å². The normalized spacial score (nSPS) is 9.47. The van der Waals surface area contributed by atoms with Crippen LogP contribution in [-0.4, -0.2) is 0 Å². The number of benzene rings is 2. The van der Waals surface area contributed by atoms with Crippen molar-refractivity contribution >= 4 is 11.6 Å². The van der Waals surface area contributed by atoms with E-state index < -0.39 is 0 Å². The maximum Gasteiger partial charge on any atom is 0.145 e. The van der Waals surface area contributed by atoms with Crippen LogP contribution in [0.3, 0.4) is 0 Å². The summed E-state index contributed by atoms with van der Waals surface area (Å²) in [4.78, 5) is 0. The molecule has 0 aromatic heterocycles. The van der Waals surface area contributed by atoms with E-state index in [0.29, 0.717) is 27.6 Å². The largest absolute Gasteiger partial charge is 0.456 e. The lowest BCUT2D eigenvalue weighted by molar-refractivity contribution is 0.477. The summed E-state index contributed by atoms with van der Waals surface area (Å²) in [5.74, 6) is 0.975. The number of hydrogen-bond acceptors (Lipinski definition) is 3. The van der Waals surface area contributed by atoms with Gasteiger partial charge in [0.1, 0.15) is 17.6 Å². The van der Waals surface area contributed by atoms with Crippen molar-refractivity contribution < 1.29 is 4.74 Å². The minimum atomic E-state index is 0.356. The summed E-state index contributed by atoms with van der Waals surface area (Å²) in [5.41, 5.74) is 1.75. The van der Waals surface area contributed by atoms with Gasteiger partial charge in [-0.2, -0.15) is 10.5 Å². The summed E-state index contributed by atoms with van der Waals surface area (Å²) in [6, 6.07) is 14.1. The maximum atomic E-state index is 9.05. The molecule has 0 bridgehead atoms. The second-order valence-corrected chi connectivity index (χ2v) is 4.38. The molecule has 3 nitrogen and oxygen atoms in total. The van der Waals surface area contributed by atoms with E-state index in [9.17, 15) is 0 Å². The summed E-state index contributed by atoms with van der Waals surface area (Å²) in [5, 5.41) is 18.4. The van der Waals surface area contributed by atoms with E-state index in [1.807, 2.05) is 13.0 Å². The Morgan fingerprint density at radius 2 is 1.79 bits per heavy atom. The molecule has 2 rings (SSSR count). The molecule has 0 spiro atoms. The molecular formula is C15H9ClN2O. The first-order chi connectivity index (χ1) is 9.13. The molecule has 2 aromatic carbocycles. The number of ether oxygens (including phenoxy) is 1. The first-order valence-electron chi connectivity index (χ1n) is 5.52. The minimum absolute atomic E-state index is 0.356. The van der Waals surface area contributed by atoms with Gasteiger partial charge in [0, 0.05) is 5.02 Å². The van der Waals surface area contributed by atoms with Crippen LogP contribution in [0.2, 0.25) is 5.02 Å². The van der Waals surface area contributed by atoms with E-state index in [-0.39, 0.29) is 0 Å². The molecule has 0 aliphatic rings. The first-order valence-corrected chi connectivity index (χ1v) is 5.90. The van der Waals surface area contributed by atoms with Crippen LogP contribution in [0.15, 0.2) is 36.4 Å². The predicted molar refractivity (Wildman–Crippen MR) is 72.1 cm³/mol. The standard InChI is InChI=1S/C15H9ClN2O/c1-10-2-3-11(8-17)6-15(10)19-14-5-4-13(16)7-12(14)9-18/h2-7H,1H3. The highest BCUT2D eigenvalue weighted by Crippen LogP contribution is 2.30. The van der Waals surface area contributed by atoms with Crippen molar-refractivity contribution in [1.82, 2.24) is 0 Å². The van der Waals surface area contributed by atoms with Gasteiger partial charge in [0.25, 0.3) is 0 Å². The Kier molecular flexibility index (Phi) is 3.71. The zero-order valence-corrected chi connectivity index (χ0v) is 10.9. The summed E-state index contributed by atoms with van der Waals surface area (Å²) < 4.78 is 5.70. The van der Waals surface area contributed by atoms with Crippen LogP contribution in [0.25, 0.3) is 0 Å². The highest BCUT2D eigenvalue weighted by atomic mass is 35.5. The van der Waals surface area contributed by atoms with Crippen molar-refractivity contribution in [3.8, 4) is 23.6 Å². The summed E-state index contributed by atoms with van der Waals surface area (Å²) >= 11 is 5.83. The average molecular weight is 269 g/mol. The van der Waals surface area contributed by atoms with Gasteiger partial charge in [0.05, 0.1) is 17.2 Å². The van der Waals surface area contributed by atoms with Gasteiger partial charge in [0.15, 0.2) is 0 Å². The second-order valence-electron chi connectivity index (χ2n) is 3.95. The zero-order chi connectivity index (χ0) is 13.8. The van der Waals surface area contributed by atoms with Gasteiger partial charge < -0.3 is 4.74 Å². The lowest BCUT2D eigenvalue weighted by atomic mass is 10.1. The van der Waals surface area contributed by atoms with E-state index in [1.165, 1.54) is 0 Å². The molecule has 0 fully saturated rings. The fraction of sp³-hybridized carbons (Fsp3) is 0.0667. The summed E-state index contributed by atoms with van der Waals surface area (Å²) in [7, 11) is 0. The molecule has 0 atom stereocenters. The summed E-state index contributed by atoms with van der Waals surface area (Å²) in [6.45, 7) is 1.87. The monoisotopic (exact) mass is 268 g/mol. The molecule has 92 valence electrons. The Hall–Kier alpha value is -2.49. The molecule has 0 amide bonds. The molecule has 0 heterocycles. The van der Waals surface area contributed by atoms with Crippen molar-refractivity contribution in [2.24, 2.45) is 0 Å². The number of halogens is 1. The third kappa shape index (κ3) is 2.85. The second kappa shape index (κ2) is 5.44. The minimum Gasteiger partial charge on any atom is -0.456 e. The van der Waals surface area contributed by atoms with Crippen LogP contribution >= 0.6 is 11.6 Å². The fourth-order valence-corrected chi connectivity index (χ4v) is 1.75. The van der Waals surface area contributed by atoms with E-state index in [0.717, 1.165) is 5.56 Å². The molecule has 0 unspecified atom stereocenters. The molecular weight excluding hydrogens is 260 g/mol. The number of nitriles is 2. The fourth-order valence-electron chi connectivity index (χ4n) is 1.58. The van der Waals surface area contributed by atoms with Gasteiger partial charge in [-0.15, -0.1) is 0 Å². The third-order valence-electron chi connectivity index (χ3n) is 2.60. The van der Waals surface area contributed by atoms with Gasteiger partial charge in [-0.25, -0.2) is 0 Å². The van der Waals surface area contributed by atoms with Crippen molar-refractivity contribution in [2.45, 2.75) is 6.92 Å². The summed E-state index contributed by atoms with van der Waals surface area (Å²) in [6.07, 6.45) is 0. The molecule has 0 radical (unpaired) electrons. The van der Waals surface area contributed by atoms with Crippen LogP contribution < -0.4 is 4.74 Å². The number of nitrogens with zero attached hydrogens (tertiary/aromatic N) is 2. The van der Waals surface area contributed by atoms with E-state index in [4.69, 9.17) is 26.9 Å². The van der Waals surface area contributed by atoms with Gasteiger partial charge in [-0.3, -0.25) is 0 Å². The van der Waals surface area contributed by atoms with Crippen LogP contribution in [0.5, 0.6) is 11.5 Å². The molecule has 0 saturated heterocycles. The predicted octanol–water partition coefficient (Wildman–Crippen LogP) is 4.18. The Morgan fingerprint density at radius 3 is 2.47 bits per heavy atom. The van der Waals surface area contributed by atoms with E-state index >= 15 is 0 Å². The molecule has 2 aromatic rings. The Morgan fingerprint density at radius 1 is 1.00 bits per heavy atom. The van der Waals surface area contributed by atoms with Crippen LogP contribution in [-0.2, 0) is 0 Å². The van der Waals surface area contributed by atoms with Gasteiger partial charge in [0.2, 0.25) is 0 Å². The molecule has 0 aliphatic carbocycles. The Balaban J connectivity index is 2.42. The molecule has 0 saturated carbocycles. The maximum absolute atomic E-state index is 9.05. The lowest BCUT2D eigenvalue weighted by Crippen LogP contribution is -1.91. The van der Waals surface area contributed by atoms with Crippen molar-refractivity contribution in [1.29, 1.82) is 10.5 Å². The SMILES string of the molecule is Cc1ccc(C#N)cc1Oc1ccc(Cl)cc1C#N. The molecule has 0 aliphatic heterocycles. The number of aryl methyl sites for hydroxylation is 1. The van der Waals surface area contributed by atoms with Crippen molar-refractivity contribution in [2.75, 3.05) is 0 Å². The van der Waals surface area contributed by atoms with Crippen molar-refractivity contribution in [3.63, 3.8) is 0 Å². The highest BCUT2D eigenvalue weighted by Gasteiger charge is 2.08. The topological polar surface area (TPSA) is 56.8 Å². The lowest BCUT2D eigenvalue weighted by Gasteiger charge is -2.10. The molecule has 0 N–H and O–H groups in total. The van der Waals surface area contributed by atoms with Crippen LogP contribution in [0.1, 0.15) is 16.7 Å². The van der Waals surface area contributed by atoms with Crippen LogP contribution in [0, 0.1) is 29.6 Å². The Labute approximate surface area is 116 Å². The molecule has 19 heavy (non-hydrogen) atoms. The third-order valence-corrected chi connectivity index (χ3v) is 2.83. The van der Waals surface area contributed by atoms with Gasteiger partial charge in [-0.1, -0.05) is 17.7 Å². The molecule has 4 heteroatoms. The highest BCUT2D eigenvalue weighted by molar-refractivity contribution is 6.30. The van der Waals surface area contributed by atoms with E-state index in [2.05, 4.69) is 6.07 Å². The van der Waals surface area contributed by atoms with E-state index in [1.54, 1.807) is 36.4 Å². The van der Waals surface area contributed by atoms with Gasteiger partial charge in [-0.05, 0) is 42.8 Å². The quantitative estimate of drug-likeness (QED) is 0.821. The van der Waals surface area contributed by atoms with Gasteiger partial charge >= 0.3 is 0 Å².